The average Bonchev–Trinajstić information content (AvgIpc) is 3.33. The van der Waals surface area contributed by atoms with Gasteiger partial charge in [0, 0.05) is 12.4 Å². The number of carbonyl (C=O) groups excluding carboxylic acids is 1. The normalized spacial score (nSPS) is 11.1. The quantitative estimate of drug-likeness (QED) is 0.496. The van der Waals surface area contributed by atoms with Crippen LogP contribution in [-0.4, -0.2) is 31.9 Å². The number of ether oxygens (including phenoxy) is 1. The van der Waals surface area contributed by atoms with Crippen molar-refractivity contribution in [2.45, 2.75) is 20.4 Å². The summed E-state index contributed by atoms with van der Waals surface area (Å²) >= 11 is 0. The Hall–Kier alpha value is -3.68. The second-order valence-electron chi connectivity index (χ2n) is 6.23. The monoisotopic (exact) mass is 378 g/mol. The van der Waals surface area contributed by atoms with Gasteiger partial charge in [0.1, 0.15) is 23.0 Å². The molecule has 0 saturated heterocycles. The second kappa shape index (κ2) is 7.15. The van der Waals surface area contributed by atoms with E-state index in [2.05, 4.69) is 10.1 Å². The summed E-state index contributed by atoms with van der Waals surface area (Å²) in [6.45, 7) is 3.85. The molecule has 0 atom stereocenters. The number of nitrogens with zero attached hydrogens (tertiary/aromatic N) is 4. The van der Waals surface area contributed by atoms with Gasteiger partial charge in [-0.15, -0.1) is 0 Å². The van der Waals surface area contributed by atoms with Crippen LogP contribution < -0.4 is 5.56 Å². The van der Waals surface area contributed by atoms with Gasteiger partial charge in [0.05, 0.1) is 18.8 Å². The van der Waals surface area contributed by atoms with Crippen LogP contribution in [0.15, 0.2) is 58.3 Å². The highest BCUT2D eigenvalue weighted by molar-refractivity contribution is 6.03. The van der Waals surface area contributed by atoms with Gasteiger partial charge in [0.2, 0.25) is 5.71 Å². The van der Waals surface area contributed by atoms with Gasteiger partial charge in [0.15, 0.2) is 0 Å². The maximum Gasteiger partial charge on any atom is 0.342 e. The molecular weight excluding hydrogens is 360 g/mol. The lowest BCUT2D eigenvalue weighted by molar-refractivity contribution is 0.0526. The van der Waals surface area contributed by atoms with Gasteiger partial charge >= 0.3 is 5.97 Å². The highest BCUT2D eigenvalue weighted by Gasteiger charge is 2.23. The summed E-state index contributed by atoms with van der Waals surface area (Å²) < 4.78 is 13.7. The predicted octanol–water partition coefficient (Wildman–Crippen LogP) is 2.71. The molecule has 3 aromatic heterocycles. The molecule has 8 nitrogen and oxygen atoms in total. The molecule has 0 aliphatic rings. The molecule has 0 radical (unpaired) electrons. The fourth-order valence-electron chi connectivity index (χ4n) is 3.07. The molecule has 0 amide bonds. The average molecular weight is 378 g/mol. The lowest BCUT2D eigenvalue weighted by atomic mass is 10.2. The Kier molecular flexibility index (Phi) is 4.52. The lowest BCUT2D eigenvalue weighted by Gasteiger charge is -2.07. The summed E-state index contributed by atoms with van der Waals surface area (Å²) in [4.78, 5) is 29.4. The van der Waals surface area contributed by atoms with E-state index in [1.165, 1.54) is 10.9 Å². The van der Waals surface area contributed by atoms with Crippen molar-refractivity contribution in [2.24, 2.45) is 0 Å². The van der Waals surface area contributed by atoms with Crippen molar-refractivity contribution in [2.75, 3.05) is 6.61 Å². The number of rotatable bonds is 5. The molecule has 28 heavy (non-hydrogen) atoms. The topological polar surface area (TPSA) is 92.2 Å². The number of aromatic nitrogens is 4. The van der Waals surface area contributed by atoms with Crippen LogP contribution >= 0.6 is 0 Å². The third-order valence-corrected chi connectivity index (χ3v) is 4.39. The van der Waals surface area contributed by atoms with E-state index < -0.39 is 5.97 Å². The molecule has 3 heterocycles. The van der Waals surface area contributed by atoms with E-state index in [1.54, 1.807) is 24.7 Å². The predicted molar refractivity (Wildman–Crippen MR) is 102 cm³/mol. The molecule has 8 heteroatoms. The van der Waals surface area contributed by atoms with Crippen molar-refractivity contribution in [1.29, 1.82) is 0 Å². The Morgan fingerprint density at radius 3 is 2.71 bits per heavy atom. The van der Waals surface area contributed by atoms with Gasteiger partial charge in [-0.05, 0) is 37.6 Å². The van der Waals surface area contributed by atoms with E-state index in [-0.39, 0.29) is 28.8 Å². The third kappa shape index (κ3) is 3.09. The molecule has 1 aromatic carbocycles. The van der Waals surface area contributed by atoms with E-state index in [4.69, 9.17) is 9.15 Å². The van der Waals surface area contributed by atoms with E-state index in [0.717, 1.165) is 11.3 Å². The number of hydrogen-bond acceptors (Lipinski definition) is 6. The van der Waals surface area contributed by atoms with Crippen LogP contribution in [0.1, 0.15) is 28.6 Å². The number of esters is 1. The van der Waals surface area contributed by atoms with Crippen molar-refractivity contribution in [1.82, 2.24) is 19.3 Å². The minimum absolute atomic E-state index is 0.135. The van der Waals surface area contributed by atoms with Crippen molar-refractivity contribution >= 4 is 17.1 Å². The summed E-state index contributed by atoms with van der Waals surface area (Å²) in [6, 6.07) is 9.53. The molecule has 0 bridgehead atoms. The minimum Gasteiger partial charge on any atom is -0.462 e. The van der Waals surface area contributed by atoms with E-state index in [1.807, 2.05) is 36.5 Å². The number of carbonyl (C=O) groups is 1. The zero-order valence-electron chi connectivity index (χ0n) is 15.5. The van der Waals surface area contributed by atoms with Crippen LogP contribution in [0, 0.1) is 6.92 Å². The molecule has 0 aliphatic carbocycles. The van der Waals surface area contributed by atoms with Gasteiger partial charge < -0.3 is 9.15 Å². The largest absolute Gasteiger partial charge is 0.462 e. The van der Waals surface area contributed by atoms with Crippen LogP contribution in [0.5, 0.6) is 0 Å². The highest BCUT2D eigenvalue weighted by Crippen LogP contribution is 2.22. The highest BCUT2D eigenvalue weighted by atomic mass is 16.5. The van der Waals surface area contributed by atoms with Crippen molar-refractivity contribution in [3.63, 3.8) is 0 Å². The number of aryl methyl sites for hydroxylation is 1. The summed E-state index contributed by atoms with van der Waals surface area (Å²) in [5.74, 6) is -0.265. The van der Waals surface area contributed by atoms with Crippen molar-refractivity contribution < 1.29 is 13.9 Å². The molecule has 0 N–H and O–H groups in total. The van der Waals surface area contributed by atoms with Gasteiger partial charge in [-0.3, -0.25) is 9.36 Å². The Balaban J connectivity index is 1.69. The first-order valence-electron chi connectivity index (χ1n) is 8.83. The van der Waals surface area contributed by atoms with Crippen LogP contribution in [-0.2, 0) is 11.3 Å². The summed E-state index contributed by atoms with van der Waals surface area (Å²) in [5, 5.41) is 4.33. The Labute approximate surface area is 160 Å². The van der Waals surface area contributed by atoms with Crippen LogP contribution in [0.25, 0.3) is 16.8 Å². The molecule has 0 aliphatic heterocycles. The van der Waals surface area contributed by atoms with E-state index in [9.17, 15) is 9.59 Å². The molecule has 0 unspecified atom stereocenters. The fraction of sp³-hybridized carbons (Fsp3) is 0.200. The second-order valence-corrected chi connectivity index (χ2v) is 6.23. The van der Waals surface area contributed by atoms with E-state index >= 15 is 0 Å². The number of furan rings is 1. The maximum absolute atomic E-state index is 13.0. The summed E-state index contributed by atoms with van der Waals surface area (Å²) in [6.07, 6.45) is 4.99. The van der Waals surface area contributed by atoms with Crippen LogP contribution in [0.4, 0.5) is 0 Å². The standard InChI is InChI=1S/C20H18N4O4/c1-3-27-20(26)16-13(2)28-18-17(16)19(25)23(12-21-18)11-14-5-7-15(8-6-14)24-10-4-9-22-24/h4-10,12H,3,11H2,1-2H3. The molecule has 0 fully saturated rings. The Morgan fingerprint density at radius 2 is 2.04 bits per heavy atom. The fourth-order valence-corrected chi connectivity index (χ4v) is 3.07. The first-order valence-corrected chi connectivity index (χ1v) is 8.83. The van der Waals surface area contributed by atoms with E-state index in [0.29, 0.717) is 12.3 Å². The zero-order valence-corrected chi connectivity index (χ0v) is 15.5. The lowest BCUT2D eigenvalue weighted by Crippen LogP contribution is -2.22. The molecule has 4 aromatic rings. The molecule has 142 valence electrons. The van der Waals surface area contributed by atoms with Crippen molar-refractivity contribution in [3.8, 4) is 5.69 Å². The molecule has 0 saturated carbocycles. The van der Waals surface area contributed by atoms with Gasteiger partial charge in [-0.1, -0.05) is 12.1 Å². The Morgan fingerprint density at radius 1 is 1.25 bits per heavy atom. The van der Waals surface area contributed by atoms with Crippen LogP contribution in [0.3, 0.4) is 0 Å². The summed E-state index contributed by atoms with van der Waals surface area (Å²) in [7, 11) is 0. The SMILES string of the molecule is CCOC(=O)c1c(C)oc2ncn(Cc3ccc(-n4cccn4)cc3)c(=O)c12. The summed E-state index contributed by atoms with van der Waals surface area (Å²) in [5.41, 5.74) is 1.76. The van der Waals surface area contributed by atoms with Gasteiger partial charge in [-0.2, -0.15) is 5.10 Å². The number of hydrogen-bond donors (Lipinski definition) is 0. The smallest absolute Gasteiger partial charge is 0.342 e. The third-order valence-electron chi connectivity index (χ3n) is 4.39. The number of benzene rings is 1. The first-order chi connectivity index (χ1) is 13.6. The zero-order chi connectivity index (χ0) is 19.7. The van der Waals surface area contributed by atoms with Gasteiger partial charge in [0.25, 0.3) is 5.56 Å². The maximum atomic E-state index is 13.0. The molecule has 4 rings (SSSR count). The first kappa shape index (κ1) is 17.7. The molecular formula is C20H18N4O4. The number of fused-ring (bicyclic) bond motifs is 1. The van der Waals surface area contributed by atoms with Crippen molar-refractivity contribution in [3.05, 3.63) is 76.3 Å². The van der Waals surface area contributed by atoms with Gasteiger partial charge in [-0.25, -0.2) is 14.5 Å². The molecule has 0 spiro atoms. The van der Waals surface area contributed by atoms with Crippen LogP contribution in [0.2, 0.25) is 0 Å². The minimum atomic E-state index is -0.584. The Bertz CT molecular complexity index is 1190.